The zero-order valence-corrected chi connectivity index (χ0v) is 15.3. The minimum atomic E-state index is -0.658. The predicted molar refractivity (Wildman–Crippen MR) is 91.3 cm³/mol. The molecule has 1 heterocycles. The molecule has 9 nitrogen and oxygen atoms in total. The molecule has 1 aliphatic rings. The van der Waals surface area contributed by atoms with Crippen LogP contribution in [-0.2, 0) is 0 Å². The summed E-state index contributed by atoms with van der Waals surface area (Å²) in [6.07, 6.45) is 0.279. The summed E-state index contributed by atoms with van der Waals surface area (Å²) in [4.78, 5) is 39.1. The highest BCUT2D eigenvalue weighted by Gasteiger charge is 2.43. The molecule has 0 aromatic carbocycles. The minimum Gasteiger partial charge on any atom is -0.336 e. The van der Waals surface area contributed by atoms with E-state index in [0.717, 1.165) is 12.8 Å². The lowest BCUT2D eigenvalue weighted by Crippen LogP contribution is -2.60. The van der Waals surface area contributed by atoms with Gasteiger partial charge in [-0.15, -0.1) is 0 Å². The summed E-state index contributed by atoms with van der Waals surface area (Å²) in [6.45, 7) is 7.72. The molecule has 4 N–H and O–H groups in total. The Balaban J connectivity index is 2.76. The van der Waals surface area contributed by atoms with Gasteiger partial charge in [-0.05, 0) is 26.7 Å². The summed E-state index contributed by atoms with van der Waals surface area (Å²) in [5, 5.41) is 11.1. The van der Waals surface area contributed by atoms with Crippen LogP contribution in [-0.4, -0.2) is 66.4 Å². The third kappa shape index (κ3) is 4.90. The molecule has 0 saturated carbocycles. The molecule has 24 heavy (non-hydrogen) atoms. The van der Waals surface area contributed by atoms with Crippen LogP contribution in [0.1, 0.15) is 40.5 Å². The van der Waals surface area contributed by atoms with Gasteiger partial charge in [0.25, 0.3) is 0 Å². The third-order valence-electron chi connectivity index (χ3n) is 4.27. The van der Waals surface area contributed by atoms with E-state index in [-0.39, 0.29) is 30.2 Å². The first-order valence-corrected chi connectivity index (χ1v) is 8.34. The molecule has 1 saturated heterocycles. The van der Waals surface area contributed by atoms with E-state index in [1.54, 1.807) is 14.1 Å². The SMILES string of the molecule is CC[C@@H](C)NC(=O)N[C@@H]1[C@H](NC(=O)N[C@@H](C)CC)N(C)C(=O)N1C. The van der Waals surface area contributed by atoms with Crippen LogP contribution in [0, 0.1) is 0 Å². The Morgan fingerprint density at radius 1 is 0.917 bits per heavy atom. The molecule has 1 fully saturated rings. The first-order chi connectivity index (χ1) is 11.2. The molecule has 0 spiro atoms. The van der Waals surface area contributed by atoms with Gasteiger partial charge in [-0.1, -0.05) is 13.8 Å². The lowest BCUT2D eigenvalue weighted by Gasteiger charge is -2.28. The van der Waals surface area contributed by atoms with E-state index in [2.05, 4.69) is 21.3 Å². The highest BCUT2D eigenvalue weighted by atomic mass is 16.2. The number of hydrogen-bond acceptors (Lipinski definition) is 3. The summed E-state index contributed by atoms with van der Waals surface area (Å²) in [5.74, 6) is 0. The second-order valence-corrected chi connectivity index (χ2v) is 6.25. The second kappa shape index (κ2) is 8.60. The Morgan fingerprint density at radius 3 is 1.54 bits per heavy atom. The van der Waals surface area contributed by atoms with E-state index in [9.17, 15) is 14.4 Å². The van der Waals surface area contributed by atoms with Crippen LogP contribution in [0.3, 0.4) is 0 Å². The summed E-state index contributed by atoms with van der Waals surface area (Å²) in [7, 11) is 3.17. The second-order valence-electron chi connectivity index (χ2n) is 6.25. The maximum atomic E-state index is 12.2. The Kier molecular flexibility index (Phi) is 7.12. The molecule has 6 amide bonds. The molecule has 1 rings (SSSR count). The lowest BCUT2D eigenvalue weighted by molar-refractivity contribution is 0.191. The smallest absolute Gasteiger partial charge is 0.323 e. The predicted octanol–water partition coefficient (Wildman–Crippen LogP) is 0.831. The van der Waals surface area contributed by atoms with E-state index in [0.29, 0.717) is 0 Å². The number of urea groups is 3. The van der Waals surface area contributed by atoms with Crippen molar-refractivity contribution in [2.75, 3.05) is 14.1 Å². The average Bonchev–Trinajstić information content (AvgIpc) is 2.72. The van der Waals surface area contributed by atoms with Crippen molar-refractivity contribution in [3.05, 3.63) is 0 Å². The number of likely N-dealkylation sites (N-methyl/N-ethyl adjacent to an activating group) is 2. The van der Waals surface area contributed by atoms with Crippen molar-refractivity contribution >= 4 is 18.1 Å². The lowest BCUT2D eigenvalue weighted by atomic mass is 10.2. The van der Waals surface area contributed by atoms with E-state index < -0.39 is 12.3 Å². The number of hydrogen-bond donors (Lipinski definition) is 4. The van der Waals surface area contributed by atoms with Crippen molar-refractivity contribution in [2.45, 2.75) is 65.0 Å². The van der Waals surface area contributed by atoms with Crippen LogP contribution < -0.4 is 21.3 Å². The maximum absolute atomic E-state index is 12.2. The summed E-state index contributed by atoms with van der Waals surface area (Å²) in [5.41, 5.74) is 0. The Labute approximate surface area is 143 Å². The van der Waals surface area contributed by atoms with Crippen molar-refractivity contribution in [1.29, 1.82) is 0 Å². The van der Waals surface area contributed by atoms with Gasteiger partial charge in [0.05, 0.1) is 0 Å². The molecule has 0 aromatic rings. The number of nitrogens with zero attached hydrogens (tertiary/aromatic N) is 2. The van der Waals surface area contributed by atoms with Crippen molar-refractivity contribution in [2.24, 2.45) is 0 Å². The van der Waals surface area contributed by atoms with Crippen molar-refractivity contribution < 1.29 is 14.4 Å². The zero-order chi connectivity index (χ0) is 18.4. The molecule has 0 radical (unpaired) electrons. The van der Waals surface area contributed by atoms with Crippen LogP contribution in [0.2, 0.25) is 0 Å². The first-order valence-electron chi connectivity index (χ1n) is 8.34. The molecule has 138 valence electrons. The fraction of sp³-hybridized carbons (Fsp3) is 0.800. The van der Waals surface area contributed by atoms with Gasteiger partial charge in [-0.25, -0.2) is 14.4 Å². The minimum absolute atomic E-state index is 0.0188. The van der Waals surface area contributed by atoms with Gasteiger partial charge in [0.15, 0.2) is 0 Å². The van der Waals surface area contributed by atoms with Crippen LogP contribution in [0.15, 0.2) is 0 Å². The van der Waals surface area contributed by atoms with Crippen molar-refractivity contribution in [3.8, 4) is 0 Å². The van der Waals surface area contributed by atoms with Crippen molar-refractivity contribution in [1.82, 2.24) is 31.1 Å². The fourth-order valence-electron chi connectivity index (χ4n) is 2.27. The summed E-state index contributed by atoms with van der Waals surface area (Å²) in [6, 6.07) is -0.995. The molecule has 0 unspecified atom stereocenters. The average molecular weight is 342 g/mol. The molecular formula is C15H30N6O3. The maximum Gasteiger partial charge on any atom is 0.323 e. The van der Waals surface area contributed by atoms with Crippen molar-refractivity contribution in [3.63, 3.8) is 0 Å². The Hall–Kier alpha value is -2.19. The van der Waals surface area contributed by atoms with E-state index in [1.165, 1.54) is 9.80 Å². The number of rotatable bonds is 6. The summed E-state index contributed by atoms with van der Waals surface area (Å²) >= 11 is 0. The van der Waals surface area contributed by atoms with Gasteiger partial charge >= 0.3 is 18.1 Å². The Morgan fingerprint density at radius 2 is 1.25 bits per heavy atom. The van der Waals surface area contributed by atoms with Gasteiger partial charge in [0.2, 0.25) is 0 Å². The normalized spacial score (nSPS) is 22.8. The largest absolute Gasteiger partial charge is 0.336 e. The molecule has 9 heteroatoms. The number of nitrogens with one attached hydrogen (secondary N) is 4. The van der Waals surface area contributed by atoms with Gasteiger partial charge < -0.3 is 31.1 Å². The van der Waals surface area contributed by atoms with E-state index in [4.69, 9.17) is 0 Å². The quantitative estimate of drug-likeness (QED) is 0.574. The first kappa shape index (κ1) is 19.9. The molecule has 0 aliphatic carbocycles. The van der Waals surface area contributed by atoms with Crippen LogP contribution in [0.5, 0.6) is 0 Å². The highest BCUT2D eigenvalue weighted by Crippen LogP contribution is 2.16. The number of carbonyl (C=O) groups is 3. The van der Waals surface area contributed by atoms with Gasteiger partial charge in [0, 0.05) is 26.2 Å². The standard InChI is InChI=1S/C15H30N6O3/c1-7-9(3)16-13(22)18-11-12(21(6)15(24)20(11)5)19-14(23)17-10(4)8-2/h9-12H,7-8H2,1-6H3,(H2,16,18,22)(H2,17,19,23)/t9-,10+,11+,12-. The molecule has 0 bridgehead atoms. The van der Waals surface area contributed by atoms with Gasteiger partial charge in [0.1, 0.15) is 12.3 Å². The molecule has 4 atom stereocenters. The van der Waals surface area contributed by atoms with Gasteiger partial charge in [-0.3, -0.25) is 0 Å². The highest BCUT2D eigenvalue weighted by molar-refractivity contribution is 5.82. The number of carbonyl (C=O) groups excluding carboxylic acids is 3. The Bertz CT molecular complexity index is 432. The van der Waals surface area contributed by atoms with E-state index in [1.807, 2.05) is 27.7 Å². The zero-order valence-electron chi connectivity index (χ0n) is 15.3. The van der Waals surface area contributed by atoms with E-state index >= 15 is 0 Å². The topological polar surface area (TPSA) is 106 Å². The molecule has 1 aliphatic heterocycles. The fourth-order valence-corrected chi connectivity index (χ4v) is 2.27. The van der Waals surface area contributed by atoms with Gasteiger partial charge in [-0.2, -0.15) is 0 Å². The number of amides is 6. The van der Waals surface area contributed by atoms with Crippen LogP contribution >= 0.6 is 0 Å². The third-order valence-corrected chi connectivity index (χ3v) is 4.27. The monoisotopic (exact) mass is 342 g/mol. The summed E-state index contributed by atoms with van der Waals surface area (Å²) < 4.78 is 0. The molecule has 0 aromatic heterocycles. The molecular weight excluding hydrogens is 312 g/mol. The van der Waals surface area contributed by atoms with Crippen LogP contribution in [0.25, 0.3) is 0 Å². The van der Waals surface area contributed by atoms with Crippen LogP contribution in [0.4, 0.5) is 14.4 Å².